The summed E-state index contributed by atoms with van der Waals surface area (Å²) in [5, 5.41) is 2.74. The Hall–Kier alpha value is -2.09. The van der Waals surface area contributed by atoms with Gasteiger partial charge in [0.1, 0.15) is 12.4 Å². The number of halogens is 1. The minimum Gasteiger partial charge on any atom is -0.491 e. The Morgan fingerprint density at radius 2 is 1.91 bits per heavy atom. The molecule has 35 heavy (non-hydrogen) atoms. The van der Waals surface area contributed by atoms with E-state index in [1.807, 2.05) is 17.0 Å². The van der Waals surface area contributed by atoms with Crippen LogP contribution in [0.15, 0.2) is 35.7 Å². The summed E-state index contributed by atoms with van der Waals surface area (Å²) in [6.07, 6.45) is 6.86. The number of hydrogen-bond donors (Lipinski definition) is 0. The lowest BCUT2D eigenvalue weighted by atomic mass is 10.00. The van der Waals surface area contributed by atoms with Crippen LogP contribution in [-0.4, -0.2) is 60.6 Å². The van der Waals surface area contributed by atoms with E-state index in [1.165, 1.54) is 4.88 Å². The molecule has 0 radical (unpaired) electrons. The number of amides is 2. The molecule has 3 aliphatic rings. The SMILES string of the molecule is O=C(C1CCCC1)N(CC(=O)N1CCc2sccc2[C@@H]1COc1ccc(Cl)cc1)C[C@@H]1CCCO1. The molecule has 0 spiro atoms. The van der Waals surface area contributed by atoms with Crippen LogP contribution in [-0.2, 0) is 20.7 Å². The number of ether oxygens (including phenoxy) is 2. The molecule has 188 valence electrons. The lowest BCUT2D eigenvalue weighted by molar-refractivity contribution is -0.146. The first-order chi connectivity index (χ1) is 17.1. The molecule has 2 atom stereocenters. The maximum Gasteiger partial charge on any atom is 0.242 e. The molecule has 5 rings (SSSR count). The van der Waals surface area contributed by atoms with Crippen molar-refractivity contribution in [2.24, 2.45) is 5.92 Å². The van der Waals surface area contributed by atoms with Crippen molar-refractivity contribution in [3.05, 3.63) is 51.2 Å². The zero-order chi connectivity index (χ0) is 24.2. The third kappa shape index (κ3) is 5.84. The molecule has 1 aromatic heterocycles. The second kappa shape index (κ2) is 11.3. The molecule has 2 amide bonds. The summed E-state index contributed by atoms with van der Waals surface area (Å²) in [5.41, 5.74) is 1.15. The smallest absolute Gasteiger partial charge is 0.242 e. The molecular weight excluding hydrogens is 484 g/mol. The van der Waals surface area contributed by atoms with Gasteiger partial charge in [-0.3, -0.25) is 9.59 Å². The fourth-order valence-corrected chi connectivity index (χ4v) is 6.59. The van der Waals surface area contributed by atoms with E-state index < -0.39 is 0 Å². The number of hydrogen-bond acceptors (Lipinski definition) is 5. The second-order valence-electron chi connectivity index (χ2n) is 9.75. The molecule has 6 nitrogen and oxygen atoms in total. The molecule has 0 unspecified atom stereocenters. The summed E-state index contributed by atoms with van der Waals surface area (Å²) in [6, 6.07) is 9.20. The fourth-order valence-electron chi connectivity index (χ4n) is 5.53. The van der Waals surface area contributed by atoms with E-state index in [0.717, 1.165) is 62.9 Å². The van der Waals surface area contributed by atoms with Gasteiger partial charge in [-0.1, -0.05) is 24.4 Å². The monoisotopic (exact) mass is 516 g/mol. The number of thiophene rings is 1. The van der Waals surface area contributed by atoms with Crippen molar-refractivity contribution in [2.75, 3.05) is 32.8 Å². The first kappa shape index (κ1) is 24.6. The van der Waals surface area contributed by atoms with Gasteiger partial charge in [0.2, 0.25) is 11.8 Å². The Morgan fingerprint density at radius 1 is 1.11 bits per heavy atom. The van der Waals surface area contributed by atoms with Crippen LogP contribution in [0, 0.1) is 5.92 Å². The van der Waals surface area contributed by atoms with Crippen molar-refractivity contribution < 1.29 is 19.1 Å². The van der Waals surface area contributed by atoms with Crippen molar-refractivity contribution >= 4 is 34.8 Å². The maximum absolute atomic E-state index is 13.7. The molecule has 1 aliphatic carbocycles. The summed E-state index contributed by atoms with van der Waals surface area (Å²) in [6.45, 7) is 2.34. The highest BCUT2D eigenvalue weighted by molar-refractivity contribution is 7.10. The maximum atomic E-state index is 13.7. The number of carbonyl (C=O) groups excluding carboxylic acids is 2. The van der Waals surface area contributed by atoms with E-state index in [-0.39, 0.29) is 36.4 Å². The Bertz CT molecular complexity index is 1010. The predicted octanol–water partition coefficient (Wildman–Crippen LogP) is 5.10. The molecule has 8 heteroatoms. The molecule has 1 saturated carbocycles. The number of rotatable bonds is 8. The van der Waals surface area contributed by atoms with Gasteiger partial charge >= 0.3 is 0 Å². The first-order valence-electron chi connectivity index (χ1n) is 12.7. The highest BCUT2D eigenvalue weighted by atomic mass is 35.5. The van der Waals surface area contributed by atoms with E-state index >= 15 is 0 Å². The number of benzene rings is 1. The van der Waals surface area contributed by atoms with Crippen molar-refractivity contribution in [1.29, 1.82) is 0 Å². The first-order valence-corrected chi connectivity index (χ1v) is 14.0. The number of carbonyl (C=O) groups is 2. The largest absolute Gasteiger partial charge is 0.491 e. The Balaban J connectivity index is 1.31. The molecule has 0 bridgehead atoms. The van der Waals surface area contributed by atoms with Crippen LogP contribution >= 0.6 is 22.9 Å². The van der Waals surface area contributed by atoms with Crippen molar-refractivity contribution in [2.45, 2.75) is 57.1 Å². The van der Waals surface area contributed by atoms with Crippen LogP contribution in [0.1, 0.15) is 55.0 Å². The lowest BCUT2D eigenvalue weighted by Crippen LogP contribution is -2.50. The van der Waals surface area contributed by atoms with Gasteiger partial charge < -0.3 is 19.3 Å². The van der Waals surface area contributed by atoms with Crippen LogP contribution in [0.3, 0.4) is 0 Å². The van der Waals surface area contributed by atoms with Crippen LogP contribution in [0.5, 0.6) is 5.75 Å². The van der Waals surface area contributed by atoms with Gasteiger partial charge in [0, 0.05) is 35.5 Å². The molecule has 1 saturated heterocycles. The quantitative estimate of drug-likeness (QED) is 0.489. The molecule has 3 heterocycles. The Morgan fingerprint density at radius 3 is 2.66 bits per heavy atom. The van der Waals surface area contributed by atoms with Gasteiger partial charge in [-0.15, -0.1) is 11.3 Å². The third-order valence-electron chi connectivity index (χ3n) is 7.43. The van der Waals surface area contributed by atoms with Gasteiger partial charge in [-0.25, -0.2) is 0 Å². The molecule has 0 N–H and O–H groups in total. The van der Waals surface area contributed by atoms with Crippen LogP contribution < -0.4 is 4.74 Å². The average Bonchev–Trinajstić information content (AvgIpc) is 3.65. The second-order valence-corrected chi connectivity index (χ2v) is 11.2. The minimum absolute atomic E-state index is 0.0177. The normalized spacial score (nSPS) is 22.3. The fraction of sp³-hybridized carbons (Fsp3) is 0.556. The summed E-state index contributed by atoms with van der Waals surface area (Å²) < 4.78 is 11.9. The standard InChI is InChI=1S/C27H33ClN2O4S/c28-20-7-9-21(10-8-20)34-18-24-23-12-15-35-25(23)11-13-30(24)26(31)17-29(16-22-6-3-14-33-22)27(32)19-4-1-2-5-19/h7-10,12,15,19,22,24H,1-6,11,13-14,16-18H2/t22-,24-/m0/s1. The number of fused-ring (bicyclic) bond motifs is 1. The van der Waals surface area contributed by atoms with Gasteiger partial charge in [-0.2, -0.15) is 0 Å². The average molecular weight is 517 g/mol. The van der Waals surface area contributed by atoms with Crippen molar-refractivity contribution in [3.8, 4) is 5.75 Å². The van der Waals surface area contributed by atoms with Gasteiger partial charge in [0.25, 0.3) is 0 Å². The molecule has 1 aromatic carbocycles. The van der Waals surface area contributed by atoms with E-state index in [2.05, 4.69) is 11.4 Å². The minimum atomic E-state index is -0.181. The molecule has 2 aromatic rings. The lowest BCUT2D eigenvalue weighted by Gasteiger charge is -2.37. The summed E-state index contributed by atoms with van der Waals surface area (Å²) in [7, 11) is 0. The number of nitrogens with zero attached hydrogens (tertiary/aromatic N) is 2. The topological polar surface area (TPSA) is 59.1 Å². The predicted molar refractivity (Wildman–Crippen MR) is 137 cm³/mol. The summed E-state index contributed by atoms with van der Waals surface area (Å²) in [4.78, 5) is 32.1. The zero-order valence-electron chi connectivity index (χ0n) is 20.0. The van der Waals surface area contributed by atoms with Crippen LogP contribution in [0.25, 0.3) is 0 Å². The zero-order valence-corrected chi connectivity index (χ0v) is 21.6. The van der Waals surface area contributed by atoms with Gasteiger partial charge in [0.05, 0.1) is 18.7 Å². The van der Waals surface area contributed by atoms with Gasteiger partial charge in [0.15, 0.2) is 0 Å². The molecular formula is C27H33ClN2O4S. The highest BCUT2D eigenvalue weighted by Crippen LogP contribution is 2.34. The molecule has 2 fully saturated rings. The van der Waals surface area contributed by atoms with Crippen molar-refractivity contribution in [1.82, 2.24) is 9.80 Å². The van der Waals surface area contributed by atoms with E-state index in [0.29, 0.717) is 24.7 Å². The highest BCUT2D eigenvalue weighted by Gasteiger charge is 2.36. The van der Waals surface area contributed by atoms with E-state index in [1.54, 1.807) is 28.4 Å². The van der Waals surface area contributed by atoms with Crippen LogP contribution in [0.2, 0.25) is 5.02 Å². The van der Waals surface area contributed by atoms with E-state index in [9.17, 15) is 9.59 Å². The van der Waals surface area contributed by atoms with Crippen LogP contribution in [0.4, 0.5) is 0 Å². The Labute approximate surface area is 216 Å². The van der Waals surface area contributed by atoms with Gasteiger partial charge in [-0.05, 0) is 73.4 Å². The van der Waals surface area contributed by atoms with Crippen molar-refractivity contribution in [3.63, 3.8) is 0 Å². The Kier molecular flexibility index (Phi) is 7.95. The summed E-state index contributed by atoms with van der Waals surface area (Å²) in [5.74, 6) is 0.864. The summed E-state index contributed by atoms with van der Waals surface area (Å²) >= 11 is 7.74. The third-order valence-corrected chi connectivity index (χ3v) is 8.68. The molecule has 2 aliphatic heterocycles. The van der Waals surface area contributed by atoms with E-state index in [4.69, 9.17) is 21.1 Å².